The summed E-state index contributed by atoms with van der Waals surface area (Å²) in [6, 6.07) is 4.52. The Balaban J connectivity index is 2.09. The first-order valence-corrected chi connectivity index (χ1v) is 11.8. The third-order valence-electron chi connectivity index (χ3n) is 5.27. The van der Waals surface area contributed by atoms with E-state index >= 15 is 0 Å². The topological polar surface area (TPSA) is 88.9 Å². The summed E-state index contributed by atoms with van der Waals surface area (Å²) >= 11 is 0. The molecule has 1 amide bonds. The van der Waals surface area contributed by atoms with Gasteiger partial charge in [-0.1, -0.05) is 13.8 Å². The lowest BCUT2D eigenvalue weighted by Gasteiger charge is -2.26. The highest BCUT2D eigenvalue weighted by Gasteiger charge is 2.27. The summed E-state index contributed by atoms with van der Waals surface area (Å²) in [5.41, 5.74) is 0.201. The van der Waals surface area contributed by atoms with Crippen LogP contribution in [0.25, 0.3) is 10.9 Å². The van der Waals surface area contributed by atoms with Crippen molar-refractivity contribution in [3.8, 4) is 0 Å². The lowest BCUT2D eigenvalue weighted by molar-refractivity contribution is 0.0730. The zero-order valence-electron chi connectivity index (χ0n) is 17.8. The van der Waals surface area contributed by atoms with Gasteiger partial charge in [-0.15, -0.1) is 0 Å². The molecule has 164 valence electrons. The molecule has 0 N–H and O–H groups in total. The average molecular weight is 436 g/mol. The van der Waals surface area contributed by atoms with Crippen LogP contribution in [0.2, 0.25) is 0 Å². The molecule has 1 aromatic heterocycles. The van der Waals surface area contributed by atoms with E-state index in [-0.39, 0.29) is 34.8 Å². The third kappa shape index (κ3) is 4.28. The normalized spacial score (nSPS) is 15.4. The van der Waals surface area contributed by atoms with E-state index in [0.717, 1.165) is 12.8 Å². The summed E-state index contributed by atoms with van der Waals surface area (Å²) in [6.45, 7) is 6.35. The second-order valence-corrected chi connectivity index (χ2v) is 9.41. The zero-order valence-corrected chi connectivity index (χ0v) is 18.6. The van der Waals surface area contributed by atoms with Gasteiger partial charge in [0.25, 0.3) is 5.91 Å². The van der Waals surface area contributed by atoms with E-state index in [1.54, 1.807) is 28.8 Å². The molecule has 0 spiro atoms. The second-order valence-electron chi connectivity index (χ2n) is 7.47. The largest absolute Gasteiger partial charge is 0.379 e. The number of rotatable bonds is 7. The summed E-state index contributed by atoms with van der Waals surface area (Å²) in [7, 11) is -1.99. The number of ether oxygens (including phenoxy) is 1. The number of carbonyl (C=O) groups is 1. The Hall–Kier alpha value is -2.23. The van der Waals surface area contributed by atoms with Crippen molar-refractivity contribution in [1.29, 1.82) is 0 Å². The monoisotopic (exact) mass is 435 g/mol. The molecule has 0 unspecified atom stereocenters. The van der Waals surface area contributed by atoms with Crippen LogP contribution in [0, 0.1) is 0 Å². The molecule has 1 aromatic carbocycles. The van der Waals surface area contributed by atoms with Crippen molar-refractivity contribution in [3.63, 3.8) is 0 Å². The van der Waals surface area contributed by atoms with Crippen molar-refractivity contribution in [2.45, 2.75) is 31.6 Å². The standard InChI is InChI=1S/C21H29N3O5S/c1-4-8-23(9-5-2)21(26)18-15-22(3)19-7-6-16(14-17(19)20(18)25)30(27,28)24-10-12-29-13-11-24/h6-7,14-15H,4-5,8-13H2,1-3H3. The van der Waals surface area contributed by atoms with Gasteiger partial charge < -0.3 is 14.2 Å². The predicted octanol–water partition coefficient (Wildman–Crippen LogP) is 1.82. The molecule has 1 aliphatic heterocycles. The van der Waals surface area contributed by atoms with Crippen molar-refractivity contribution in [2.75, 3.05) is 39.4 Å². The van der Waals surface area contributed by atoms with Crippen LogP contribution in [-0.2, 0) is 21.8 Å². The van der Waals surface area contributed by atoms with Gasteiger partial charge in [0.2, 0.25) is 15.5 Å². The van der Waals surface area contributed by atoms with Crippen LogP contribution in [0.4, 0.5) is 0 Å². The van der Waals surface area contributed by atoms with Gasteiger partial charge in [0.15, 0.2) is 0 Å². The van der Waals surface area contributed by atoms with Crippen molar-refractivity contribution in [3.05, 3.63) is 40.2 Å². The van der Waals surface area contributed by atoms with Crippen LogP contribution < -0.4 is 5.43 Å². The fraction of sp³-hybridized carbons (Fsp3) is 0.524. The van der Waals surface area contributed by atoms with E-state index in [1.807, 2.05) is 13.8 Å². The number of aryl methyl sites for hydroxylation is 1. The Morgan fingerprint density at radius 3 is 2.37 bits per heavy atom. The number of sulfonamides is 1. The molecular formula is C21H29N3O5S. The minimum atomic E-state index is -3.74. The molecule has 1 saturated heterocycles. The molecule has 0 atom stereocenters. The fourth-order valence-corrected chi connectivity index (χ4v) is 5.18. The van der Waals surface area contributed by atoms with Crippen molar-refractivity contribution in [2.24, 2.45) is 7.05 Å². The number of aromatic nitrogens is 1. The molecule has 0 bridgehead atoms. The zero-order chi connectivity index (χ0) is 21.9. The number of amides is 1. The van der Waals surface area contributed by atoms with Crippen molar-refractivity contribution in [1.82, 2.24) is 13.8 Å². The lowest BCUT2D eigenvalue weighted by Crippen LogP contribution is -2.40. The first kappa shape index (κ1) is 22.5. The van der Waals surface area contributed by atoms with E-state index < -0.39 is 15.5 Å². The Labute approximate surface area is 177 Å². The van der Waals surface area contributed by atoms with Crippen molar-refractivity contribution >= 4 is 26.8 Å². The summed E-state index contributed by atoms with van der Waals surface area (Å²) < 4.78 is 34.3. The van der Waals surface area contributed by atoms with Gasteiger partial charge in [0.1, 0.15) is 5.56 Å². The second kappa shape index (κ2) is 9.28. The highest BCUT2D eigenvalue weighted by atomic mass is 32.2. The predicted molar refractivity (Wildman–Crippen MR) is 115 cm³/mol. The Morgan fingerprint density at radius 2 is 1.77 bits per heavy atom. The molecule has 2 aromatic rings. The molecule has 9 heteroatoms. The number of hydrogen-bond acceptors (Lipinski definition) is 5. The molecule has 2 heterocycles. The number of fused-ring (bicyclic) bond motifs is 1. The first-order valence-electron chi connectivity index (χ1n) is 10.3. The van der Waals surface area contributed by atoms with E-state index in [1.165, 1.54) is 16.4 Å². The molecule has 1 fully saturated rings. The quantitative estimate of drug-likeness (QED) is 0.662. The molecule has 1 aliphatic rings. The Bertz CT molecular complexity index is 1080. The van der Waals surface area contributed by atoms with Gasteiger partial charge in [-0.25, -0.2) is 8.42 Å². The highest BCUT2D eigenvalue weighted by molar-refractivity contribution is 7.89. The van der Waals surface area contributed by atoms with Crippen LogP contribution in [-0.4, -0.2) is 67.5 Å². The molecule has 30 heavy (non-hydrogen) atoms. The van der Waals surface area contributed by atoms with E-state index in [9.17, 15) is 18.0 Å². The van der Waals surface area contributed by atoms with Gasteiger partial charge in [0.05, 0.1) is 23.6 Å². The minimum Gasteiger partial charge on any atom is -0.379 e. The SMILES string of the molecule is CCCN(CCC)C(=O)c1cn(C)c2ccc(S(=O)(=O)N3CCOCC3)cc2c1=O. The number of benzene rings is 1. The van der Waals surface area contributed by atoms with E-state index in [0.29, 0.717) is 31.8 Å². The maximum Gasteiger partial charge on any atom is 0.259 e. The van der Waals surface area contributed by atoms with Crippen LogP contribution >= 0.6 is 0 Å². The average Bonchev–Trinajstić information content (AvgIpc) is 2.76. The summed E-state index contributed by atoms with van der Waals surface area (Å²) in [5, 5.41) is 0.227. The minimum absolute atomic E-state index is 0.0533. The molecule has 3 rings (SSSR count). The van der Waals surface area contributed by atoms with Crippen LogP contribution in [0.3, 0.4) is 0 Å². The Morgan fingerprint density at radius 1 is 1.13 bits per heavy atom. The van der Waals surface area contributed by atoms with Gasteiger partial charge in [-0.3, -0.25) is 9.59 Å². The van der Waals surface area contributed by atoms with Gasteiger partial charge in [0, 0.05) is 44.8 Å². The third-order valence-corrected chi connectivity index (χ3v) is 7.17. The summed E-state index contributed by atoms with van der Waals surface area (Å²) in [6.07, 6.45) is 3.13. The number of hydrogen-bond donors (Lipinski definition) is 0. The molecule has 8 nitrogen and oxygen atoms in total. The van der Waals surface area contributed by atoms with Gasteiger partial charge in [-0.2, -0.15) is 4.31 Å². The molecular weight excluding hydrogens is 406 g/mol. The Kier molecular flexibility index (Phi) is 6.95. The maximum absolute atomic E-state index is 13.2. The molecule has 0 aliphatic carbocycles. The summed E-state index contributed by atoms with van der Waals surface area (Å²) in [4.78, 5) is 28.0. The smallest absolute Gasteiger partial charge is 0.259 e. The number of pyridine rings is 1. The number of carbonyl (C=O) groups excluding carboxylic acids is 1. The number of morpholine rings is 1. The maximum atomic E-state index is 13.2. The molecule has 0 radical (unpaired) electrons. The lowest BCUT2D eigenvalue weighted by atomic mass is 10.1. The van der Waals surface area contributed by atoms with Crippen LogP contribution in [0.5, 0.6) is 0 Å². The number of nitrogens with zero attached hydrogens (tertiary/aromatic N) is 3. The van der Waals surface area contributed by atoms with Crippen LogP contribution in [0.15, 0.2) is 34.1 Å². The van der Waals surface area contributed by atoms with E-state index in [2.05, 4.69) is 0 Å². The molecule has 0 saturated carbocycles. The van der Waals surface area contributed by atoms with Gasteiger partial charge >= 0.3 is 0 Å². The van der Waals surface area contributed by atoms with Crippen molar-refractivity contribution < 1.29 is 17.9 Å². The van der Waals surface area contributed by atoms with E-state index in [4.69, 9.17) is 4.74 Å². The van der Waals surface area contributed by atoms with Gasteiger partial charge in [-0.05, 0) is 31.0 Å². The first-order chi connectivity index (χ1) is 14.3. The highest BCUT2D eigenvalue weighted by Crippen LogP contribution is 2.21. The fourth-order valence-electron chi connectivity index (χ4n) is 3.75. The summed E-state index contributed by atoms with van der Waals surface area (Å²) in [5.74, 6) is -0.317. The van der Waals surface area contributed by atoms with Crippen LogP contribution in [0.1, 0.15) is 37.0 Å².